The minimum absolute atomic E-state index is 0.395. The highest BCUT2D eigenvalue weighted by Crippen LogP contribution is 2.42. The van der Waals surface area contributed by atoms with Crippen molar-refractivity contribution in [1.82, 2.24) is 0 Å². The predicted octanol–water partition coefficient (Wildman–Crippen LogP) is 1.66. The van der Waals surface area contributed by atoms with Crippen molar-refractivity contribution in [3.8, 4) is 5.75 Å². The molecule has 1 unspecified atom stereocenters. The van der Waals surface area contributed by atoms with E-state index in [4.69, 9.17) is 5.73 Å². The Morgan fingerprint density at radius 2 is 2.33 bits per heavy atom. The van der Waals surface area contributed by atoms with Crippen LogP contribution < -0.4 is 10.6 Å². The zero-order valence-corrected chi connectivity index (χ0v) is 9.11. The van der Waals surface area contributed by atoms with Crippen molar-refractivity contribution in [3.05, 3.63) is 23.8 Å². The third-order valence-corrected chi connectivity index (χ3v) is 3.15. The van der Waals surface area contributed by atoms with Crippen molar-refractivity contribution in [1.29, 1.82) is 0 Å². The van der Waals surface area contributed by atoms with E-state index in [1.807, 2.05) is 6.07 Å². The molecule has 1 heterocycles. The second kappa shape index (κ2) is 4.11. The third-order valence-electron chi connectivity index (χ3n) is 3.15. The van der Waals surface area contributed by atoms with E-state index >= 15 is 0 Å². The molecular weight excluding hydrogens is 188 g/mol. The number of phenolic OH excluding ortho intramolecular Hbond substituents is 1. The van der Waals surface area contributed by atoms with Gasteiger partial charge in [-0.2, -0.15) is 0 Å². The molecule has 1 atom stereocenters. The molecule has 3 N–H and O–H groups in total. The van der Waals surface area contributed by atoms with Crippen LogP contribution in [0.25, 0.3) is 0 Å². The molecule has 0 bridgehead atoms. The molecule has 1 aliphatic rings. The number of hydrogen-bond donors (Lipinski definition) is 2. The van der Waals surface area contributed by atoms with Gasteiger partial charge in [-0.25, -0.2) is 0 Å². The number of likely N-dealkylation sites (N-methyl/N-ethyl adjacent to an activating group) is 1. The second-order valence-electron chi connectivity index (χ2n) is 4.02. The number of anilines is 1. The number of aromatic hydroxyl groups is 1. The summed E-state index contributed by atoms with van der Waals surface area (Å²) in [6.45, 7) is 4.78. The number of nitrogens with two attached hydrogens (primary N) is 1. The summed E-state index contributed by atoms with van der Waals surface area (Å²) in [4.78, 5) is 2.30. The van der Waals surface area contributed by atoms with E-state index in [1.165, 1.54) is 5.69 Å². The first kappa shape index (κ1) is 10.3. The Labute approximate surface area is 90.5 Å². The van der Waals surface area contributed by atoms with E-state index in [0.29, 0.717) is 18.2 Å². The van der Waals surface area contributed by atoms with Crippen LogP contribution in [0.5, 0.6) is 5.75 Å². The highest BCUT2D eigenvalue weighted by atomic mass is 16.3. The summed E-state index contributed by atoms with van der Waals surface area (Å²) < 4.78 is 0. The van der Waals surface area contributed by atoms with Gasteiger partial charge in [0.15, 0.2) is 0 Å². The van der Waals surface area contributed by atoms with Crippen molar-refractivity contribution in [2.24, 2.45) is 5.73 Å². The summed E-state index contributed by atoms with van der Waals surface area (Å²) >= 11 is 0. The van der Waals surface area contributed by atoms with E-state index in [1.54, 1.807) is 6.07 Å². The molecular formula is C12H18N2O. The van der Waals surface area contributed by atoms with Crippen LogP contribution in [0.3, 0.4) is 0 Å². The van der Waals surface area contributed by atoms with Gasteiger partial charge in [-0.1, -0.05) is 6.07 Å². The first-order valence-electron chi connectivity index (χ1n) is 5.54. The number of nitrogens with zero attached hydrogens (tertiary/aromatic N) is 1. The van der Waals surface area contributed by atoms with Crippen LogP contribution in [0.4, 0.5) is 5.69 Å². The molecule has 3 nitrogen and oxygen atoms in total. The van der Waals surface area contributed by atoms with Crippen LogP contribution in [-0.4, -0.2) is 24.7 Å². The van der Waals surface area contributed by atoms with Crippen molar-refractivity contribution >= 4 is 5.69 Å². The van der Waals surface area contributed by atoms with Crippen LogP contribution in [0.2, 0.25) is 0 Å². The van der Waals surface area contributed by atoms with Crippen LogP contribution in [-0.2, 0) is 0 Å². The molecule has 0 radical (unpaired) electrons. The fourth-order valence-corrected chi connectivity index (χ4v) is 2.43. The Morgan fingerprint density at radius 1 is 1.53 bits per heavy atom. The monoisotopic (exact) mass is 206 g/mol. The van der Waals surface area contributed by atoms with Crippen LogP contribution >= 0.6 is 0 Å². The zero-order chi connectivity index (χ0) is 10.8. The van der Waals surface area contributed by atoms with Gasteiger partial charge in [0.05, 0.1) is 0 Å². The van der Waals surface area contributed by atoms with Gasteiger partial charge < -0.3 is 15.7 Å². The number of hydrogen-bond acceptors (Lipinski definition) is 3. The number of fused-ring (bicyclic) bond motifs is 1. The maximum Gasteiger partial charge on any atom is 0.121 e. The summed E-state index contributed by atoms with van der Waals surface area (Å²) in [7, 11) is 0. The van der Waals surface area contributed by atoms with Gasteiger partial charge >= 0.3 is 0 Å². The van der Waals surface area contributed by atoms with Gasteiger partial charge in [0.1, 0.15) is 5.75 Å². The van der Waals surface area contributed by atoms with E-state index in [-0.39, 0.29) is 0 Å². The van der Waals surface area contributed by atoms with Crippen LogP contribution in [0.1, 0.15) is 24.8 Å². The fourth-order valence-electron chi connectivity index (χ4n) is 2.43. The lowest BCUT2D eigenvalue weighted by atomic mass is 9.97. The Hall–Kier alpha value is -1.22. The molecule has 0 saturated carbocycles. The summed E-state index contributed by atoms with van der Waals surface area (Å²) in [5, 5.41) is 9.87. The summed E-state index contributed by atoms with van der Waals surface area (Å²) in [6, 6.07) is 5.75. The average molecular weight is 206 g/mol. The molecule has 15 heavy (non-hydrogen) atoms. The quantitative estimate of drug-likeness (QED) is 0.791. The lowest BCUT2D eigenvalue weighted by Gasteiger charge is -2.16. The van der Waals surface area contributed by atoms with Crippen molar-refractivity contribution < 1.29 is 5.11 Å². The summed E-state index contributed by atoms with van der Waals surface area (Å²) in [6.07, 6.45) is 0.946. The summed E-state index contributed by atoms with van der Waals surface area (Å²) in [5.41, 5.74) is 7.87. The Kier molecular flexibility index (Phi) is 2.82. The van der Waals surface area contributed by atoms with Crippen molar-refractivity contribution in [2.45, 2.75) is 19.3 Å². The van der Waals surface area contributed by atoms with E-state index in [2.05, 4.69) is 17.9 Å². The largest absolute Gasteiger partial charge is 0.508 e. The van der Waals surface area contributed by atoms with Crippen LogP contribution in [0.15, 0.2) is 18.2 Å². The highest BCUT2D eigenvalue weighted by molar-refractivity contribution is 5.64. The normalized spacial score (nSPS) is 19.3. The second-order valence-corrected chi connectivity index (χ2v) is 4.02. The van der Waals surface area contributed by atoms with Gasteiger partial charge in [0.25, 0.3) is 0 Å². The molecule has 1 aromatic carbocycles. The molecule has 0 amide bonds. The molecule has 2 rings (SSSR count). The Balaban J connectivity index is 2.39. The van der Waals surface area contributed by atoms with Crippen molar-refractivity contribution in [2.75, 3.05) is 24.5 Å². The van der Waals surface area contributed by atoms with Gasteiger partial charge in [0, 0.05) is 30.3 Å². The molecule has 3 heteroatoms. The fraction of sp³-hybridized carbons (Fsp3) is 0.500. The molecule has 0 aliphatic carbocycles. The third kappa shape index (κ3) is 1.67. The van der Waals surface area contributed by atoms with Gasteiger partial charge in [0.2, 0.25) is 0 Å². The predicted molar refractivity (Wildman–Crippen MR) is 62.4 cm³/mol. The standard InChI is InChI=1S/C12H18N2O/c1-2-14-8-9(6-7-13)12-10(14)4-3-5-11(12)15/h3-5,9,15H,2,6-8,13H2,1H3. The first-order chi connectivity index (χ1) is 7.27. The molecule has 1 aliphatic heterocycles. The minimum Gasteiger partial charge on any atom is -0.508 e. The van der Waals surface area contributed by atoms with E-state index in [0.717, 1.165) is 25.1 Å². The maximum atomic E-state index is 9.87. The molecule has 0 saturated heterocycles. The molecule has 0 fully saturated rings. The van der Waals surface area contributed by atoms with Crippen molar-refractivity contribution in [3.63, 3.8) is 0 Å². The number of benzene rings is 1. The smallest absolute Gasteiger partial charge is 0.121 e. The maximum absolute atomic E-state index is 9.87. The SMILES string of the molecule is CCN1CC(CCN)c2c(O)cccc21. The average Bonchev–Trinajstić information content (AvgIpc) is 2.59. The minimum atomic E-state index is 0.395. The lowest BCUT2D eigenvalue weighted by Crippen LogP contribution is -2.21. The molecule has 1 aromatic rings. The van der Waals surface area contributed by atoms with Gasteiger partial charge in [-0.15, -0.1) is 0 Å². The topological polar surface area (TPSA) is 49.5 Å². The van der Waals surface area contributed by atoms with E-state index < -0.39 is 0 Å². The Morgan fingerprint density at radius 3 is 3.00 bits per heavy atom. The van der Waals surface area contributed by atoms with Gasteiger partial charge in [-0.05, 0) is 32.0 Å². The first-order valence-corrected chi connectivity index (χ1v) is 5.54. The highest BCUT2D eigenvalue weighted by Gasteiger charge is 2.29. The molecule has 0 aromatic heterocycles. The zero-order valence-electron chi connectivity index (χ0n) is 9.11. The number of phenols is 1. The molecule has 82 valence electrons. The Bertz CT molecular complexity index is 351. The number of rotatable bonds is 3. The van der Waals surface area contributed by atoms with Crippen LogP contribution in [0, 0.1) is 0 Å². The summed E-state index contributed by atoms with van der Waals surface area (Å²) in [5.74, 6) is 0.813. The molecule has 0 spiro atoms. The van der Waals surface area contributed by atoms with E-state index in [9.17, 15) is 5.11 Å². The lowest BCUT2D eigenvalue weighted by molar-refractivity contribution is 0.463. The van der Waals surface area contributed by atoms with Gasteiger partial charge in [-0.3, -0.25) is 0 Å².